The maximum Gasteiger partial charge on any atom is 0.330 e. The number of likely N-dealkylation sites (tertiary alicyclic amines) is 1. The van der Waals surface area contributed by atoms with Crippen LogP contribution in [0.15, 0.2) is 41.5 Å². The summed E-state index contributed by atoms with van der Waals surface area (Å²) in [6.45, 7) is 2.82. The fourth-order valence-corrected chi connectivity index (χ4v) is 3.58. The number of nitrogens with zero attached hydrogens (tertiary/aromatic N) is 5. The number of pyridine rings is 1. The van der Waals surface area contributed by atoms with Gasteiger partial charge in [-0.15, -0.1) is 0 Å². The van der Waals surface area contributed by atoms with Gasteiger partial charge in [0.2, 0.25) is 0 Å². The van der Waals surface area contributed by atoms with Crippen LogP contribution in [-0.4, -0.2) is 36.7 Å². The van der Waals surface area contributed by atoms with Crippen LogP contribution >= 0.6 is 0 Å². The van der Waals surface area contributed by atoms with Gasteiger partial charge in [-0.25, -0.2) is 9.78 Å². The van der Waals surface area contributed by atoms with Gasteiger partial charge in [-0.2, -0.15) is 0 Å². The van der Waals surface area contributed by atoms with Crippen molar-refractivity contribution in [3.05, 3.63) is 52.8 Å². The highest BCUT2D eigenvalue weighted by Crippen LogP contribution is 2.25. The van der Waals surface area contributed by atoms with E-state index in [9.17, 15) is 4.79 Å². The number of aryl methyl sites for hydroxylation is 2. The van der Waals surface area contributed by atoms with Gasteiger partial charge < -0.3 is 4.57 Å². The van der Waals surface area contributed by atoms with E-state index in [4.69, 9.17) is 0 Å². The van der Waals surface area contributed by atoms with Crippen molar-refractivity contribution < 1.29 is 0 Å². The number of fused-ring (bicyclic) bond motifs is 1. The van der Waals surface area contributed by atoms with Crippen LogP contribution in [0.4, 0.5) is 0 Å². The first-order valence-electron chi connectivity index (χ1n) is 7.99. The van der Waals surface area contributed by atoms with Crippen molar-refractivity contribution in [1.82, 2.24) is 23.6 Å². The Bertz CT molecular complexity index is 903. The summed E-state index contributed by atoms with van der Waals surface area (Å²) in [5.41, 5.74) is 3.03. The van der Waals surface area contributed by atoms with Gasteiger partial charge in [-0.05, 0) is 30.7 Å². The largest absolute Gasteiger partial charge is 0.353 e. The Kier molecular flexibility index (Phi) is 3.34. The number of hydrogen-bond donors (Lipinski definition) is 0. The predicted octanol–water partition coefficient (Wildman–Crippen LogP) is 1.52. The summed E-state index contributed by atoms with van der Waals surface area (Å²) < 4.78 is 5.72. The first-order chi connectivity index (χ1) is 11.1. The van der Waals surface area contributed by atoms with Crippen LogP contribution in [0.3, 0.4) is 0 Å². The van der Waals surface area contributed by atoms with Crippen LogP contribution < -0.4 is 5.69 Å². The Hall–Kier alpha value is -2.34. The van der Waals surface area contributed by atoms with E-state index in [1.54, 1.807) is 10.8 Å². The molecule has 0 bridgehead atoms. The minimum absolute atomic E-state index is 0.0319. The average Bonchev–Trinajstić information content (AvgIpc) is 3.23. The Labute approximate surface area is 134 Å². The third-order valence-corrected chi connectivity index (χ3v) is 4.90. The molecule has 3 aromatic heterocycles. The molecule has 23 heavy (non-hydrogen) atoms. The van der Waals surface area contributed by atoms with Gasteiger partial charge in [-0.1, -0.05) is 0 Å². The maximum atomic E-state index is 12.6. The topological polar surface area (TPSA) is 48.0 Å². The molecule has 1 aliphatic heterocycles. The number of rotatable bonds is 3. The first-order valence-corrected chi connectivity index (χ1v) is 7.99. The van der Waals surface area contributed by atoms with E-state index in [-0.39, 0.29) is 11.7 Å². The highest BCUT2D eigenvalue weighted by Gasteiger charge is 2.28. The molecule has 4 heterocycles. The molecule has 0 N–H and O–H groups in total. The van der Waals surface area contributed by atoms with E-state index in [1.165, 1.54) is 5.69 Å². The number of aromatic nitrogens is 4. The molecule has 4 rings (SSSR count). The zero-order chi connectivity index (χ0) is 16.0. The lowest BCUT2D eigenvalue weighted by Crippen LogP contribution is -2.28. The molecule has 1 aliphatic rings. The molecule has 120 valence electrons. The molecule has 1 fully saturated rings. The summed E-state index contributed by atoms with van der Waals surface area (Å²) in [5.74, 6) is 0. The van der Waals surface area contributed by atoms with Crippen molar-refractivity contribution in [2.75, 3.05) is 13.1 Å². The monoisotopic (exact) mass is 311 g/mol. The first kappa shape index (κ1) is 14.3. The fraction of sp³-hybridized carbons (Fsp3) is 0.412. The van der Waals surface area contributed by atoms with Crippen LogP contribution in [-0.2, 0) is 20.6 Å². The quantitative estimate of drug-likeness (QED) is 0.737. The lowest BCUT2D eigenvalue weighted by atomic mass is 10.2. The molecule has 0 aliphatic carbocycles. The average molecular weight is 311 g/mol. The van der Waals surface area contributed by atoms with Crippen LogP contribution in [0.5, 0.6) is 0 Å². The summed E-state index contributed by atoms with van der Waals surface area (Å²) in [7, 11) is 3.89. The number of hydrogen-bond acceptors (Lipinski definition) is 3. The molecular formula is C17H21N5O. The van der Waals surface area contributed by atoms with Gasteiger partial charge in [0.15, 0.2) is 5.65 Å². The van der Waals surface area contributed by atoms with Gasteiger partial charge in [0, 0.05) is 51.8 Å². The minimum atomic E-state index is 0.0319. The summed E-state index contributed by atoms with van der Waals surface area (Å²) in [4.78, 5) is 19.5. The molecule has 0 amide bonds. The van der Waals surface area contributed by atoms with Gasteiger partial charge in [0.1, 0.15) is 0 Å². The summed E-state index contributed by atoms with van der Waals surface area (Å²) in [6, 6.07) is 8.25. The third kappa shape index (κ3) is 2.30. The smallest absolute Gasteiger partial charge is 0.330 e. The van der Waals surface area contributed by atoms with Crippen LogP contribution in [0.1, 0.15) is 18.2 Å². The van der Waals surface area contributed by atoms with Gasteiger partial charge in [0.25, 0.3) is 0 Å². The highest BCUT2D eigenvalue weighted by molar-refractivity contribution is 5.71. The molecule has 0 aromatic carbocycles. The zero-order valence-electron chi connectivity index (χ0n) is 13.5. The zero-order valence-corrected chi connectivity index (χ0v) is 13.5. The maximum absolute atomic E-state index is 12.6. The van der Waals surface area contributed by atoms with Crippen LogP contribution in [0.25, 0.3) is 11.2 Å². The van der Waals surface area contributed by atoms with Crippen molar-refractivity contribution >= 4 is 11.2 Å². The molecule has 3 aromatic rings. The molecule has 1 atom stereocenters. The molecular weight excluding hydrogens is 290 g/mol. The Morgan fingerprint density at radius 1 is 1.26 bits per heavy atom. The fourth-order valence-electron chi connectivity index (χ4n) is 3.58. The van der Waals surface area contributed by atoms with Crippen molar-refractivity contribution in [3.8, 4) is 0 Å². The summed E-state index contributed by atoms with van der Waals surface area (Å²) in [6.07, 6.45) is 4.82. The van der Waals surface area contributed by atoms with Crippen molar-refractivity contribution in [2.45, 2.75) is 19.0 Å². The molecule has 6 nitrogen and oxygen atoms in total. The van der Waals surface area contributed by atoms with E-state index in [1.807, 2.05) is 23.7 Å². The Balaban J connectivity index is 1.62. The molecule has 0 spiro atoms. The van der Waals surface area contributed by atoms with E-state index in [0.717, 1.165) is 37.2 Å². The van der Waals surface area contributed by atoms with E-state index >= 15 is 0 Å². The minimum Gasteiger partial charge on any atom is -0.353 e. The lowest BCUT2D eigenvalue weighted by molar-refractivity contribution is 0.308. The van der Waals surface area contributed by atoms with Gasteiger partial charge >= 0.3 is 5.69 Å². The van der Waals surface area contributed by atoms with Crippen molar-refractivity contribution in [2.24, 2.45) is 14.1 Å². The molecule has 6 heteroatoms. The van der Waals surface area contributed by atoms with Gasteiger partial charge in [-0.3, -0.25) is 14.0 Å². The molecule has 0 radical (unpaired) electrons. The summed E-state index contributed by atoms with van der Waals surface area (Å²) >= 11 is 0. The summed E-state index contributed by atoms with van der Waals surface area (Å²) in [5, 5.41) is 0. The van der Waals surface area contributed by atoms with E-state index in [2.05, 4.69) is 39.8 Å². The Morgan fingerprint density at radius 2 is 2.13 bits per heavy atom. The predicted molar refractivity (Wildman–Crippen MR) is 89.3 cm³/mol. The van der Waals surface area contributed by atoms with Crippen molar-refractivity contribution in [1.29, 1.82) is 0 Å². The van der Waals surface area contributed by atoms with Crippen molar-refractivity contribution in [3.63, 3.8) is 0 Å². The third-order valence-electron chi connectivity index (χ3n) is 4.90. The molecule has 0 saturated carbocycles. The second-order valence-corrected chi connectivity index (χ2v) is 6.35. The second kappa shape index (κ2) is 5.38. The van der Waals surface area contributed by atoms with Crippen LogP contribution in [0.2, 0.25) is 0 Å². The molecule has 1 saturated heterocycles. The lowest BCUT2D eigenvalue weighted by Gasteiger charge is -2.17. The van der Waals surface area contributed by atoms with Crippen LogP contribution in [0, 0.1) is 0 Å². The SMILES string of the molecule is Cn1cccc1CN1CC[C@@H](n2c(=O)n(C)c3cccnc32)C1. The highest BCUT2D eigenvalue weighted by atomic mass is 16.1. The second-order valence-electron chi connectivity index (χ2n) is 6.35. The Morgan fingerprint density at radius 3 is 2.91 bits per heavy atom. The standard InChI is InChI=1S/C17H21N5O/c1-19-9-4-5-13(19)11-21-10-7-14(12-21)22-16-15(6-3-8-18-16)20(2)17(22)23/h3-6,8-9,14H,7,10-12H2,1-2H3/t14-/m1/s1. The molecule has 0 unspecified atom stereocenters. The van der Waals surface area contributed by atoms with E-state index < -0.39 is 0 Å². The van der Waals surface area contributed by atoms with E-state index in [0.29, 0.717) is 0 Å². The van der Waals surface area contributed by atoms with Gasteiger partial charge in [0.05, 0.1) is 11.6 Å². The normalized spacial score (nSPS) is 19.0. The number of imidazole rings is 1.